The predicted molar refractivity (Wildman–Crippen MR) is 76.6 cm³/mol. The van der Waals surface area contributed by atoms with E-state index in [1.807, 2.05) is 0 Å². The fraction of sp³-hybridized carbons (Fsp3) is 0.533. The number of carbonyl (C=O) groups is 1. The third-order valence-corrected chi connectivity index (χ3v) is 4.38. The van der Waals surface area contributed by atoms with Crippen LogP contribution in [-0.4, -0.2) is 5.78 Å². The van der Waals surface area contributed by atoms with Gasteiger partial charge in [-0.3, -0.25) is 4.79 Å². The lowest BCUT2D eigenvalue weighted by Crippen LogP contribution is -2.09. The Morgan fingerprint density at radius 3 is 2.33 bits per heavy atom. The highest BCUT2D eigenvalue weighted by Crippen LogP contribution is 2.30. The van der Waals surface area contributed by atoms with Crippen molar-refractivity contribution in [1.82, 2.24) is 0 Å². The molecule has 1 nitrogen and oxygen atoms in total. The van der Waals surface area contributed by atoms with Gasteiger partial charge in [0.15, 0.2) is 5.78 Å². The van der Waals surface area contributed by atoms with Crippen molar-refractivity contribution in [2.45, 2.75) is 44.9 Å². The second-order valence-corrected chi connectivity index (χ2v) is 5.88. The van der Waals surface area contributed by atoms with Crippen molar-refractivity contribution in [1.29, 1.82) is 0 Å². The molecule has 0 aromatic heterocycles. The Bertz CT molecular complexity index is 402. The molecule has 0 spiro atoms. The minimum absolute atomic E-state index is 0.0798. The van der Waals surface area contributed by atoms with Gasteiger partial charge in [-0.1, -0.05) is 61.4 Å². The molecule has 18 heavy (non-hydrogen) atoms. The average Bonchev–Trinajstić information content (AvgIpc) is 2.37. The average molecular weight is 285 g/mol. The molecular weight excluding hydrogens is 267 g/mol. The second kappa shape index (κ2) is 6.58. The van der Waals surface area contributed by atoms with E-state index >= 15 is 0 Å². The fourth-order valence-corrected chi connectivity index (χ4v) is 3.31. The van der Waals surface area contributed by atoms with Crippen molar-refractivity contribution in [3.63, 3.8) is 0 Å². The molecule has 0 atom stereocenters. The fourth-order valence-electron chi connectivity index (χ4n) is 2.70. The van der Waals surface area contributed by atoms with Gasteiger partial charge in [0.25, 0.3) is 0 Å². The van der Waals surface area contributed by atoms with Crippen LogP contribution in [0.2, 0.25) is 10.0 Å². The number of rotatable bonds is 4. The van der Waals surface area contributed by atoms with Gasteiger partial charge in [-0.05, 0) is 24.5 Å². The van der Waals surface area contributed by atoms with Gasteiger partial charge >= 0.3 is 0 Å². The number of hydrogen-bond donors (Lipinski definition) is 0. The maximum absolute atomic E-state index is 12.2. The van der Waals surface area contributed by atoms with Crippen molar-refractivity contribution in [2.24, 2.45) is 5.92 Å². The summed E-state index contributed by atoms with van der Waals surface area (Å²) < 4.78 is 0. The molecule has 0 N–H and O–H groups in total. The maximum atomic E-state index is 12.2. The van der Waals surface area contributed by atoms with Gasteiger partial charge in [0.05, 0.1) is 15.6 Å². The Labute approximate surface area is 118 Å². The van der Waals surface area contributed by atoms with E-state index in [1.165, 1.54) is 32.1 Å². The largest absolute Gasteiger partial charge is 0.294 e. The van der Waals surface area contributed by atoms with Gasteiger partial charge in [-0.25, -0.2) is 0 Å². The summed E-state index contributed by atoms with van der Waals surface area (Å²) in [7, 11) is 0. The Morgan fingerprint density at radius 2 is 1.72 bits per heavy atom. The lowest BCUT2D eigenvalue weighted by atomic mass is 9.85. The highest BCUT2D eigenvalue weighted by Gasteiger charge is 2.18. The van der Waals surface area contributed by atoms with E-state index in [-0.39, 0.29) is 5.78 Å². The third-order valence-electron chi connectivity index (χ3n) is 3.75. The van der Waals surface area contributed by atoms with E-state index in [2.05, 4.69) is 0 Å². The molecule has 0 unspecified atom stereocenters. The van der Waals surface area contributed by atoms with Crippen LogP contribution in [0.5, 0.6) is 0 Å². The molecule has 1 saturated carbocycles. The van der Waals surface area contributed by atoms with Gasteiger partial charge in [-0.2, -0.15) is 0 Å². The van der Waals surface area contributed by atoms with Gasteiger partial charge in [-0.15, -0.1) is 0 Å². The molecular formula is C15H18Cl2O. The zero-order valence-corrected chi connectivity index (χ0v) is 11.9. The van der Waals surface area contributed by atoms with E-state index in [1.54, 1.807) is 18.2 Å². The summed E-state index contributed by atoms with van der Waals surface area (Å²) in [6, 6.07) is 5.21. The number of benzene rings is 1. The van der Waals surface area contributed by atoms with Gasteiger partial charge in [0.2, 0.25) is 0 Å². The summed E-state index contributed by atoms with van der Waals surface area (Å²) in [5.74, 6) is 0.792. The summed E-state index contributed by atoms with van der Waals surface area (Å²) in [5, 5.41) is 0.937. The monoisotopic (exact) mass is 284 g/mol. The molecule has 0 bridgehead atoms. The van der Waals surface area contributed by atoms with E-state index in [0.717, 1.165) is 6.42 Å². The zero-order chi connectivity index (χ0) is 13.0. The van der Waals surface area contributed by atoms with Crippen LogP contribution in [-0.2, 0) is 0 Å². The predicted octanol–water partition coefficient (Wildman–Crippen LogP) is 5.54. The number of Topliss-reactive ketones (excluding diaryl/α,β-unsaturated/α-hetero) is 1. The van der Waals surface area contributed by atoms with Crippen LogP contribution in [0.25, 0.3) is 0 Å². The van der Waals surface area contributed by atoms with Gasteiger partial charge < -0.3 is 0 Å². The van der Waals surface area contributed by atoms with Crippen molar-refractivity contribution in [3.8, 4) is 0 Å². The van der Waals surface area contributed by atoms with Gasteiger partial charge in [0.1, 0.15) is 0 Å². The molecule has 0 amide bonds. The Kier molecular flexibility index (Phi) is 5.08. The first-order valence-electron chi connectivity index (χ1n) is 6.65. The smallest absolute Gasteiger partial charge is 0.165 e. The lowest BCUT2D eigenvalue weighted by molar-refractivity contribution is 0.0970. The van der Waals surface area contributed by atoms with E-state index in [0.29, 0.717) is 27.9 Å². The summed E-state index contributed by atoms with van der Waals surface area (Å²) in [5.41, 5.74) is 0.497. The minimum Gasteiger partial charge on any atom is -0.294 e. The Hall–Kier alpha value is -0.530. The molecule has 1 aromatic carbocycles. The number of hydrogen-bond acceptors (Lipinski definition) is 1. The SMILES string of the molecule is O=C(CCC1CCCCC1)c1c(Cl)cccc1Cl. The lowest BCUT2D eigenvalue weighted by Gasteiger charge is -2.21. The second-order valence-electron chi connectivity index (χ2n) is 5.06. The van der Waals surface area contributed by atoms with Crippen molar-refractivity contribution >= 4 is 29.0 Å². The highest BCUT2D eigenvalue weighted by molar-refractivity contribution is 6.39. The summed E-state index contributed by atoms with van der Waals surface area (Å²) in [6.45, 7) is 0. The third kappa shape index (κ3) is 3.49. The molecule has 0 radical (unpaired) electrons. The summed E-state index contributed by atoms with van der Waals surface area (Å²) in [4.78, 5) is 12.2. The highest BCUT2D eigenvalue weighted by atomic mass is 35.5. The summed E-state index contributed by atoms with van der Waals surface area (Å²) in [6.07, 6.45) is 8.04. The Balaban J connectivity index is 1.95. The van der Waals surface area contributed by atoms with Crippen LogP contribution in [0.15, 0.2) is 18.2 Å². The van der Waals surface area contributed by atoms with Gasteiger partial charge in [0, 0.05) is 6.42 Å². The zero-order valence-electron chi connectivity index (χ0n) is 10.4. The van der Waals surface area contributed by atoms with Crippen molar-refractivity contribution in [3.05, 3.63) is 33.8 Å². The molecule has 2 rings (SSSR count). The molecule has 0 heterocycles. The first-order chi connectivity index (χ1) is 8.68. The maximum Gasteiger partial charge on any atom is 0.165 e. The molecule has 98 valence electrons. The van der Waals surface area contributed by atoms with Crippen LogP contribution >= 0.6 is 23.2 Å². The van der Waals surface area contributed by atoms with Crippen LogP contribution in [0.1, 0.15) is 55.3 Å². The number of ketones is 1. The molecule has 1 fully saturated rings. The molecule has 1 aliphatic rings. The first kappa shape index (κ1) is 13.9. The van der Waals surface area contributed by atoms with Crippen molar-refractivity contribution in [2.75, 3.05) is 0 Å². The van der Waals surface area contributed by atoms with Crippen LogP contribution in [0, 0.1) is 5.92 Å². The topological polar surface area (TPSA) is 17.1 Å². The minimum atomic E-state index is 0.0798. The van der Waals surface area contributed by atoms with Crippen molar-refractivity contribution < 1.29 is 4.79 Å². The standard InChI is InChI=1S/C15H18Cl2O/c16-12-7-4-8-13(17)15(12)14(18)10-9-11-5-2-1-3-6-11/h4,7-8,11H,1-3,5-6,9-10H2. The molecule has 1 aliphatic carbocycles. The molecule has 3 heteroatoms. The van der Waals surface area contributed by atoms with Crippen LogP contribution in [0.4, 0.5) is 0 Å². The van der Waals surface area contributed by atoms with E-state index in [4.69, 9.17) is 23.2 Å². The first-order valence-corrected chi connectivity index (χ1v) is 7.41. The molecule has 1 aromatic rings. The summed E-state index contributed by atoms with van der Waals surface area (Å²) >= 11 is 12.1. The van der Waals surface area contributed by atoms with Crippen LogP contribution in [0.3, 0.4) is 0 Å². The molecule has 0 aliphatic heterocycles. The van der Waals surface area contributed by atoms with E-state index in [9.17, 15) is 4.79 Å². The molecule has 0 saturated heterocycles. The van der Waals surface area contributed by atoms with E-state index < -0.39 is 0 Å². The van der Waals surface area contributed by atoms with Crippen LogP contribution < -0.4 is 0 Å². The number of halogens is 2. The Morgan fingerprint density at radius 1 is 1.11 bits per heavy atom. The quantitative estimate of drug-likeness (QED) is 0.664. The number of carbonyl (C=O) groups excluding carboxylic acids is 1. The normalized spacial score (nSPS) is 16.8.